The molecule has 2 fully saturated rings. The molecule has 5 rings (SSSR count). The molecule has 0 bridgehead atoms. The number of benzene rings is 2. The van der Waals surface area contributed by atoms with Gasteiger partial charge in [0.25, 0.3) is 0 Å². The summed E-state index contributed by atoms with van der Waals surface area (Å²) in [7, 11) is 0. The highest BCUT2D eigenvalue weighted by molar-refractivity contribution is 6.32. The lowest BCUT2D eigenvalue weighted by molar-refractivity contribution is -0.205. The van der Waals surface area contributed by atoms with Gasteiger partial charge in [0.2, 0.25) is 0 Å². The zero-order chi connectivity index (χ0) is 32.7. The Balaban J connectivity index is 1.75. The number of fused-ring (bicyclic) bond motifs is 3. The van der Waals surface area contributed by atoms with Gasteiger partial charge >= 0.3 is 0 Å². The van der Waals surface area contributed by atoms with Crippen LogP contribution >= 0.6 is 0 Å². The smallest absolute Gasteiger partial charge is 0.190 e. The standard InChI is InChI=1S/C37H44O7/c1-9-11-21-12-10-13-22(14-21)24-15-23(18(2)3)25-16-35(7)17-36(8)28(19(4)5)31(40)26(20(6)38)33(42)37(36,44)34(43)29(35)32(41)27(25)30(24)39/h10,12-15,18-19,26,28-29,39,44H,9,11,16-17H2,1-8H3/t26?,28?,29?,35-,36-,37+/m1/s1. The molecule has 0 heterocycles. The quantitative estimate of drug-likeness (QED) is 0.399. The summed E-state index contributed by atoms with van der Waals surface area (Å²) in [5.41, 5.74) is -1.33. The molecule has 3 aliphatic carbocycles. The first kappa shape index (κ1) is 32.0. The van der Waals surface area contributed by atoms with Crippen molar-refractivity contribution in [2.45, 2.75) is 92.6 Å². The van der Waals surface area contributed by atoms with Crippen molar-refractivity contribution in [3.8, 4) is 16.9 Å². The van der Waals surface area contributed by atoms with E-state index in [9.17, 15) is 34.2 Å². The van der Waals surface area contributed by atoms with Gasteiger partial charge in [-0.1, -0.05) is 79.2 Å². The van der Waals surface area contributed by atoms with Gasteiger partial charge in [-0.25, -0.2) is 0 Å². The molecule has 234 valence electrons. The van der Waals surface area contributed by atoms with E-state index in [0.29, 0.717) is 11.1 Å². The van der Waals surface area contributed by atoms with E-state index in [-0.39, 0.29) is 36.0 Å². The predicted molar refractivity (Wildman–Crippen MR) is 166 cm³/mol. The van der Waals surface area contributed by atoms with Crippen LogP contribution in [-0.4, -0.2) is 44.7 Å². The first-order chi connectivity index (χ1) is 20.5. The molecule has 3 aliphatic rings. The molecule has 0 saturated heterocycles. The lowest BCUT2D eigenvalue weighted by atomic mass is 9.39. The van der Waals surface area contributed by atoms with Gasteiger partial charge in [-0.05, 0) is 71.8 Å². The van der Waals surface area contributed by atoms with E-state index in [2.05, 4.69) is 6.92 Å². The van der Waals surface area contributed by atoms with Gasteiger partial charge in [0, 0.05) is 16.9 Å². The zero-order valence-electron chi connectivity index (χ0n) is 27.0. The average molecular weight is 601 g/mol. The van der Waals surface area contributed by atoms with Crippen molar-refractivity contribution in [2.75, 3.05) is 0 Å². The van der Waals surface area contributed by atoms with Crippen molar-refractivity contribution in [1.82, 2.24) is 0 Å². The number of phenols is 1. The van der Waals surface area contributed by atoms with Gasteiger partial charge in [-0.15, -0.1) is 0 Å². The fourth-order valence-corrected chi connectivity index (χ4v) is 9.15. The molecular formula is C37H44O7. The summed E-state index contributed by atoms with van der Waals surface area (Å²) >= 11 is 0. The highest BCUT2D eigenvalue weighted by atomic mass is 16.3. The molecule has 44 heavy (non-hydrogen) atoms. The topological polar surface area (TPSA) is 126 Å². The van der Waals surface area contributed by atoms with Crippen molar-refractivity contribution in [2.24, 2.45) is 34.5 Å². The Morgan fingerprint density at radius 3 is 2.25 bits per heavy atom. The number of hydrogen-bond donors (Lipinski definition) is 2. The maximum Gasteiger partial charge on any atom is 0.190 e. The number of carbonyl (C=O) groups excluding carboxylic acids is 5. The maximum absolute atomic E-state index is 14.6. The zero-order valence-corrected chi connectivity index (χ0v) is 27.0. The minimum atomic E-state index is -2.70. The van der Waals surface area contributed by atoms with Crippen molar-refractivity contribution >= 4 is 28.9 Å². The van der Waals surface area contributed by atoms with Crippen molar-refractivity contribution in [3.05, 3.63) is 52.6 Å². The molecule has 0 aromatic heterocycles. The number of carbonyl (C=O) groups is 5. The molecule has 2 N–H and O–H groups in total. The van der Waals surface area contributed by atoms with E-state index in [1.54, 1.807) is 20.8 Å². The molecule has 0 spiro atoms. The number of Topliss-reactive ketones (excluding diaryl/α,β-unsaturated/α-hetero) is 5. The Labute approximate surface area is 259 Å². The first-order valence-electron chi connectivity index (χ1n) is 15.8. The van der Waals surface area contributed by atoms with Gasteiger partial charge in [0.1, 0.15) is 17.5 Å². The number of aliphatic hydroxyl groups is 1. The molecule has 7 heteroatoms. The highest BCUT2D eigenvalue weighted by Crippen LogP contribution is 2.64. The van der Waals surface area contributed by atoms with E-state index >= 15 is 0 Å². The SMILES string of the molecule is CCCc1cccc(-c2cc(C(C)C)c3c(c2O)C(=O)C2C(=O)[C@@]4(O)C(=O)C(C(C)=O)C(=O)C(C(C)C)[C@@]4(C)C[C@@]2(C)C3)c1. The lowest BCUT2D eigenvalue weighted by Gasteiger charge is -2.62. The molecule has 0 radical (unpaired) electrons. The van der Waals surface area contributed by atoms with E-state index < -0.39 is 63.1 Å². The Morgan fingerprint density at radius 2 is 1.68 bits per heavy atom. The molecule has 7 nitrogen and oxygen atoms in total. The van der Waals surface area contributed by atoms with Crippen LogP contribution in [0.3, 0.4) is 0 Å². The summed E-state index contributed by atoms with van der Waals surface area (Å²) in [6, 6.07) is 9.75. The highest BCUT2D eigenvalue weighted by Gasteiger charge is 2.76. The summed E-state index contributed by atoms with van der Waals surface area (Å²) in [6.07, 6.45) is 2.10. The predicted octanol–water partition coefficient (Wildman–Crippen LogP) is 5.84. The molecular weight excluding hydrogens is 556 g/mol. The molecule has 0 aliphatic heterocycles. The fraction of sp³-hybridized carbons (Fsp3) is 0.541. The molecule has 0 amide bonds. The Hall–Kier alpha value is -3.45. The van der Waals surface area contributed by atoms with Crippen molar-refractivity contribution < 1.29 is 34.2 Å². The minimum absolute atomic E-state index is 0.0146. The minimum Gasteiger partial charge on any atom is -0.507 e. The van der Waals surface area contributed by atoms with Crippen LogP contribution in [0.25, 0.3) is 11.1 Å². The van der Waals surface area contributed by atoms with Crippen LogP contribution in [0, 0.1) is 34.5 Å². The molecule has 2 aromatic rings. The average Bonchev–Trinajstić information content (AvgIpc) is 2.90. The van der Waals surface area contributed by atoms with Crippen LogP contribution in [0.5, 0.6) is 5.75 Å². The maximum atomic E-state index is 14.6. The number of rotatable bonds is 6. The van der Waals surface area contributed by atoms with Crippen LogP contribution < -0.4 is 0 Å². The van der Waals surface area contributed by atoms with Crippen molar-refractivity contribution in [1.29, 1.82) is 0 Å². The third-order valence-corrected chi connectivity index (χ3v) is 10.8. The summed E-state index contributed by atoms with van der Waals surface area (Å²) in [4.78, 5) is 69.4. The van der Waals surface area contributed by atoms with Gasteiger partial charge in [0.05, 0.1) is 11.5 Å². The fourth-order valence-electron chi connectivity index (χ4n) is 9.15. The third kappa shape index (κ3) is 4.22. The van der Waals surface area contributed by atoms with E-state index in [0.717, 1.165) is 36.5 Å². The molecule has 2 aromatic carbocycles. The van der Waals surface area contributed by atoms with E-state index in [4.69, 9.17) is 0 Å². The van der Waals surface area contributed by atoms with E-state index in [1.165, 1.54) is 0 Å². The van der Waals surface area contributed by atoms with E-state index in [1.807, 2.05) is 51.1 Å². The Kier molecular flexibility index (Phi) is 7.68. The molecule has 3 unspecified atom stereocenters. The number of hydrogen-bond acceptors (Lipinski definition) is 7. The largest absolute Gasteiger partial charge is 0.507 e. The monoisotopic (exact) mass is 600 g/mol. The summed E-state index contributed by atoms with van der Waals surface area (Å²) in [5.74, 6) is -8.79. The second-order valence-electron chi connectivity index (χ2n) is 14.6. The van der Waals surface area contributed by atoms with Crippen LogP contribution in [0.1, 0.15) is 101 Å². The van der Waals surface area contributed by atoms with Crippen LogP contribution in [0.4, 0.5) is 0 Å². The second kappa shape index (κ2) is 10.6. The van der Waals surface area contributed by atoms with Gasteiger partial charge < -0.3 is 10.2 Å². The van der Waals surface area contributed by atoms with Crippen LogP contribution in [-0.2, 0) is 32.0 Å². The number of aromatic hydroxyl groups is 1. The summed E-state index contributed by atoms with van der Waals surface area (Å²) in [5, 5.41) is 24.0. The number of aryl methyl sites for hydroxylation is 1. The third-order valence-electron chi connectivity index (χ3n) is 10.8. The van der Waals surface area contributed by atoms with Crippen molar-refractivity contribution in [3.63, 3.8) is 0 Å². The lowest BCUT2D eigenvalue weighted by Crippen LogP contribution is -2.76. The Bertz CT molecular complexity index is 1620. The Morgan fingerprint density at radius 1 is 1.02 bits per heavy atom. The number of phenolic OH excluding ortho intramolecular Hbond substituents is 1. The van der Waals surface area contributed by atoms with Gasteiger partial charge in [-0.3, -0.25) is 24.0 Å². The summed E-state index contributed by atoms with van der Waals surface area (Å²) < 4.78 is 0. The van der Waals surface area contributed by atoms with Crippen LogP contribution in [0.2, 0.25) is 0 Å². The van der Waals surface area contributed by atoms with Gasteiger partial charge in [-0.2, -0.15) is 0 Å². The first-order valence-corrected chi connectivity index (χ1v) is 15.8. The molecule has 2 saturated carbocycles. The number of ketones is 5. The normalized spacial score (nSPS) is 31.7. The second-order valence-corrected chi connectivity index (χ2v) is 14.6. The van der Waals surface area contributed by atoms with Crippen LogP contribution in [0.15, 0.2) is 30.3 Å². The molecule has 6 atom stereocenters. The van der Waals surface area contributed by atoms with Gasteiger partial charge in [0.15, 0.2) is 28.7 Å². The summed E-state index contributed by atoms with van der Waals surface area (Å²) in [6.45, 7) is 14.2.